The molecule has 4 nitrogen and oxygen atoms in total. The van der Waals surface area contributed by atoms with Crippen LogP contribution in [0.3, 0.4) is 0 Å². The standard InChI is InChI=1S/C9H8N2O2/c12-8-5-6-3-1-2-4-7(6)9(13)11-10-8/h1-4H,5H2,(H,10,12)(H,11,13). The van der Waals surface area contributed by atoms with Gasteiger partial charge >= 0.3 is 0 Å². The van der Waals surface area contributed by atoms with Crippen molar-refractivity contribution in [2.45, 2.75) is 6.42 Å². The minimum atomic E-state index is -0.263. The highest BCUT2D eigenvalue weighted by molar-refractivity contribution is 5.99. The molecule has 0 bridgehead atoms. The molecule has 0 saturated heterocycles. The number of fused-ring (bicyclic) bond motifs is 1. The molecule has 1 aromatic rings. The van der Waals surface area contributed by atoms with Gasteiger partial charge < -0.3 is 0 Å². The molecule has 1 heterocycles. The van der Waals surface area contributed by atoms with Crippen LogP contribution in [-0.2, 0) is 11.2 Å². The van der Waals surface area contributed by atoms with Gasteiger partial charge in [-0.2, -0.15) is 0 Å². The quantitative estimate of drug-likeness (QED) is 0.584. The topological polar surface area (TPSA) is 58.2 Å². The highest BCUT2D eigenvalue weighted by Crippen LogP contribution is 2.10. The fraction of sp³-hybridized carbons (Fsp3) is 0.111. The van der Waals surface area contributed by atoms with Gasteiger partial charge in [-0.1, -0.05) is 18.2 Å². The van der Waals surface area contributed by atoms with E-state index in [4.69, 9.17) is 0 Å². The van der Waals surface area contributed by atoms with Crippen molar-refractivity contribution in [2.75, 3.05) is 0 Å². The van der Waals surface area contributed by atoms with Crippen LogP contribution in [-0.4, -0.2) is 11.8 Å². The zero-order valence-corrected chi connectivity index (χ0v) is 6.83. The Morgan fingerprint density at radius 3 is 2.69 bits per heavy atom. The van der Waals surface area contributed by atoms with Gasteiger partial charge in [0, 0.05) is 5.56 Å². The summed E-state index contributed by atoms with van der Waals surface area (Å²) < 4.78 is 0. The predicted octanol–water partition coefficient (Wildman–Crippen LogP) is 0.00370. The van der Waals surface area contributed by atoms with Gasteiger partial charge in [0.2, 0.25) is 5.91 Å². The first-order chi connectivity index (χ1) is 6.27. The van der Waals surface area contributed by atoms with Crippen molar-refractivity contribution in [3.63, 3.8) is 0 Å². The Hall–Kier alpha value is -1.84. The first kappa shape index (κ1) is 7.79. The Bertz CT molecular complexity index is 374. The molecule has 0 unspecified atom stereocenters. The molecular formula is C9H8N2O2. The van der Waals surface area contributed by atoms with Gasteiger partial charge in [0.25, 0.3) is 5.91 Å². The van der Waals surface area contributed by atoms with Crippen LogP contribution < -0.4 is 10.9 Å². The van der Waals surface area contributed by atoms with Gasteiger partial charge in [-0.3, -0.25) is 20.4 Å². The van der Waals surface area contributed by atoms with E-state index in [0.29, 0.717) is 5.56 Å². The van der Waals surface area contributed by atoms with Gasteiger partial charge in [0.15, 0.2) is 0 Å². The highest BCUT2D eigenvalue weighted by atomic mass is 16.2. The Kier molecular flexibility index (Phi) is 1.73. The normalized spacial score (nSPS) is 15.4. The molecule has 0 aromatic heterocycles. The van der Waals surface area contributed by atoms with E-state index >= 15 is 0 Å². The van der Waals surface area contributed by atoms with Crippen molar-refractivity contribution in [1.82, 2.24) is 10.9 Å². The molecule has 1 aliphatic rings. The van der Waals surface area contributed by atoms with Crippen molar-refractivity contribution < 1.29 is 9.59 Å². The Morgan fingerprint density at radius 1 is 1.08 bits per heavy atom. The van der Waals surface area contributed by atoms with Crippen LogP contribution >= 0.6 is 0 Å². The minimum Gasteiger partial charge on any atom is -0.273 e. The second-order valence-corrected chi connectivity index (χ2v) is 2.84. The van der Waals surface area contributed by atoms with Crippen LogP contribution in [0.25, 0.3) is 0 Å². The third-order valence-electron chi connectivity index (χ3n) is 1.93. The fourth-order valence-electron chi connectivity index (χ4n) is 1.31. The monoisotopic (exact) mass is 176 g/mol. The highest BCUT2D eigenvalue weighted by Gasteiger charge is 2.17. The number of hydrogen-bond donors (Lipinski definition) is 2. The fourth-order valence-corrected chi connectivity index (χ4v) is 1.31. The average molecular weight is 176 g/mol. The molecule has 2 N–H and O–H groups in total. The molecule has 0 aliphatic carbocycles. The predicted molar refractivity (Wildman–Crippen MR) is 45.8 cm³/mol. The molecule has 0 fully saturated rings. The molecule has 0 atom stereocenters. The first-order valence-corrected chi connectivity index (χ1v) is 3.94. The third kappa shape index (κ3) is 1.38. The molecule has 0 saturated carbocycles. The maximum atomic E-state index is 11.3. The van der Waals surface area contributed by atoms with E-state index in [1.54, 1.807) is 18.2 Å². The van der Waals surface area contributed by atoms with E-state index in [9.17, 15) is 9.59 Å². The van der Waals surface area contributed by atoms with Crippen LogP contribution in [0.5, 0.6) is 0 Å². The largest absolute Gasteiger partial charge is 0.273 e. The molecule has 1 aliphatic heterocycles. The Balaban J connectivity index is 2.49. The van der Waals surface area contributed by atoms with Crippen LogP contribution in [0.4, 0.5) is 0 Å². The summed E-state index contributed by atoms with van der Waals surface area (Å²) in [6.07, 6.45) is 0.245. The SMILES string of the molecule is O=C1Cc2ccccc2C(=O)NN1. The smallest absolute Gasteiger partial charge is 0.269 e. The summed E-state index contributed by atoms with van der Waals surface area (Å²) in [6, 6.07) is 7.06. The summed E-state index contributed by atoms with van der Waals surface area (Å²) in [6.45, 7) is 0. The number of amides is 2. The Morgan fingerprint density at radius 2 is 1.85 bits per heavy atom. The number of hydrogen-bond acceptors (Lipinski definition) is 2. The van der Waals surface area contributed by atoms with E-state index in [1.165, 1.54) is 0 Å². The van der Waals surface area contributed by atoms with Crippen molar-refractivity contribution in [2.24, 2.45) is 0 Å². The summed E-state index contributed by atoms with van der Waals surface area (Å²) in [5.41, 5.74) is 5.93. The summed E-state index contributed by atoms with van der Waals surface area (Å²) in [7, 11) is 0. The molecule has 0 spiro atoms. The molecule has 1 aromatic carbocycles. The Labute approximate surface area is 74.9 Å². The average Bonchev–Trinajstić information content (AvgIpc) is 2.27. The van der Waals surface area contributed by atoms with Crippen LogP contribution in [0.1, 0.15) is 15.9 Å². The molecule has 2 rings (SSSR count). The number of benzene rings is 1. The maximum Gasteiger partial charge on any atom is 0.269 e. The lowest BCUT2D eigenvalue weighted by Gasteiger charge is -2.00. The summed E-state index contributed by atoms with van der Waals surface area (Å²) >= 11 is 0. The minimum absolute atomic E-state index is 0.196. The number of rotatable bonds is 0. The second-order valence-electron chi connectivity index (χ2n) is 2.84. The number of nitrogens with one attached hydrogen (secondary N) is 2. The summed E-state index contributed by atoms with van der Waals surface area (Å²) in [5, 5.41) is 0. The molecule has 2 amide bonds. The third-order valence-corrected chi connectivity index (χ3v) is 1.93. The molecule has 4 heteroatoms. The van der Waals surface area contributed by atoms with E-state index in [-0.39, 0.29) is 18.2 Å². The van der Waals surface area contributed by atoms with Crippen molar-refractivity contribution >= 4 is 11.8 Å². The van der Waals surface area contributed by atoms with Gasteiger partial charge in [-0.15, -0.1) is 0 Å². The lowest BCUT2D eigenvalue weighted by Crippen LogP contribution is -2.39. The summed E-state index contributed by atoms with van der Waals surface area (Å²) in [4.78, 5) is 22.4. The van der Waals surface area contributed by atoms with E-state index < -0.39 is 0 Å². The molecule has 66 valence electrons. The van der Waals surface area contributed by atoms with Crippen LogP contribution in [0.2, 0.25) is 0 Å². The first-order valence-electron chi connectivity index (χ1n) is 3.94. The van der Waals surface area contributed by atoms with Gasteiger partial charge in [-0.05, 0) is 11.6 Å². The van der Waals surface area contributed by atoms with Gasteiger partial charge in [-0.25, -0.2) is 0 Å². The molecule has 13 heavy (non-hydrogen) atoms. The molecule has 0 radical (unpaired) electrons. The van der Waals surface area contributed by atoms with Crippen molar-refractivity contribution in [1.29, 1.82) is 0 Å². The summed E-state index contributed by atoms with van der Waals surface area (Å²) in [5.74, 6) is -0.459. The maximum absolute atomic E-state index is 11.3. The van der Waals surface area contributed by atoms with Crippen molar-refractivity contribution in [3.8, 4) is 0 Å². The van der Waals surface area contributed by atoms with E-state index in [1.807, 2.05) is 6.07 Å². The zero-order valence-electron chi connectivity index (χ0n) is 6.83. The van der Waals surface area contributed by atoms with Gasteiger partial charge in [0.1, 0.15) is 0 Å². The van der Waals surface area contributed by atoms with E-state index in [0.717, 1.165) is 5.56 Å². The number of carbonyl (C=O) groups excluding carboxylic acids is 2. The lowest BCUT2D eigenvalue weighted by molar-refractivity contribution is -0.121. The van der Waals surface area contributed by atoms with Crippen LogP contribution in [0, 0.1) is 0 Å². The zero-order chi connectivity index (χ0) is 9.26. The number of carbonyl (C=O) groups is 2. The van der Waals surface area contributed by atoms with E-state index in [2.05, 4.69) is 10.9 Å². The molecular weight excluding hydrogens is 168 g/mol. The lowest BCUT2D eigenvalue weighted by atomic mass is 10.0. The van der Waals surface area contributed by atoms with Gasteiger partial charge in [0.05, 0.1) is 6.42 Å². The van der Waals surface area contributed by atoms with Crippen molar-refractivity contribution in [3.05, 3.63) is 35.4 Å². The van der Waals surface area contributed by atoms with Crippen LogP contribution in [0.15, 0.2) is 24.3 Å². The number of hydrazine groups is 1. The second kappa shape index (κ2) is 2.90.